The van der Waals surface area contributed by atoms with Crippen LogP contribution in [0.4, 0.5) is 0 Å². The molecule has 1 saturated carbocycles. The number of rotatable bonds is 5. The minimum Gasteiger partial charge on any atom is -0.353 e. The van der Waals surface area contributed by atoms with Gasteiger partial charge < -0.3 is 10.6 Å². The van der Waals surface area contributed by atoms with E-state index in [9.17, 15) is 4.79 Å². The molecule has 0 heterocycles. The summed E-state index contributed by atoms with van der Waals surface area (Å²) in [5, 5.41) is 6.25. The maximum absolute atomic E-state index is 12.0. The van der Waals surface area contributed by atoms with E-state index >= 15 is 0 Å². The maximum Gasteiger partial charge on any atom is 0.224 e. The molecule has 1 aromatic rings. The zero-order chi connectivity index (χ0) is 14.4. The molecule has 0 aliphatic heterocycles. The van der Waals surface area contributed by atoms with Crippen molar-refractivity contribution in [3.63, 3.8) is 0 Å². The molecule has 1 atom stereocenters. The third-order valence-corrected chi connectivity index (χ3v) is 4.30. The number of benzene rings is 1. The molecule has 1 amide bonds. The van der Waals surface area contributed by atoms with Crippen molar-refractivity contribution in [1.29, 1.82) is 0 Å². The Morgan fingerprint density at radius 2 is 1.85 bits per heavy atom. The van der Waals surface area contributed by atoms with Crippen LogP contribution in [0.2, 0.25) is 0 Å². The highest BCUT2D eigenvalue weighted by Gasteiger charge is 2.24. The second-order valence-electron chi connectivity index (χ2n) is 5.93. The van der Waals surface area contributed by atoms with Crippen molar-refractivity contribution in [1.82, 2.24) is 10.6 Å². The summed E-state index contributed by atoms with van der Waals surface area (Å²) in [4.78, 5) is 12.0. The molecule has 110 valence electrons. The average Bonchev–Trinajstić information content (AvgIpc) is 2.49. The van der Waals surface area contributed by atoms with Gasteiger partial charge in [-0.2, -0.15) is 0 Å². The van der Waals surface area contributed by atoms with Gasteiger partial charge in [0.1, 0.15) is 0 Å². The molecule has 0 saturated heterocycles. The fraction of sp³-hybridized carbons (Fsp3) is 0.588. The SMILES string of the molecule is CNCC(C)C(=O)NC1CCC(c2ccccc2)CC1. The lowest BCUT2D eigenvalue weighted by Gasteiger charge is -2.30. The van der Waals surface area contributed by atoms with Crippen LogP contribution in [-0.2, 0) is 4.79 Å². The Morgan fingerprint density at radius 1 is 1.20 bits per heavy atom. The van der Waals surface area contributed by atoms with Crippen LogP contribution < -0.4 is 10.6 Å². The predicted octanol–water partition coefficient (Wildman–Crippen LogP) is 2.68. The molecule has 2 rings (SSSR count). The summed E-state index contributed by atoms with van der Waals surface area (Å²) in [6.45, 7) is 2.71. The highest BCUT2D eigenvalue weighted by atomic mass is 16.1. The second kappa shape index (κ2) is 7.44. The average molecular weight is 274 g/mol. The van der Waals surface area contributed by atoms with Crippen molar-refractivity contribution in [2.45, 2.75) is 44.6 Å². The summed E-state index contributed by atoms with van der Waals surface area (Å²) in [5.41, 5.74) is 1.45. The number of nitrogens with one attached hydrogen (secondary N) is 2. The minimum absolute atomic E-state index is 0.0480. The van der Waals surface area contributed by atoms with Crippen molar-refractivity contribution in [3.8, 4) is 0 Å². The molecular weight excluding hydrogens is 248 g/mol. The van der Waals surface area contributed by atoms with Crippen LogP contribution in [0.5, 0.6) is 0 Å². The summed E-state index contributed by atoms with van der Waals surface area (Å²) in [6, 6.07) is 11.1. The van der Waals surface area contributed by atoms with Crippen LogP contribution >= 0.6 is 0 Å². The molecule has 1 aromatic carbocycles. The Kier molecular flexibility index (Phi) is 5.60. The highest BCUT2D eigenvalue weighted by Crippen LogP contribution is 2.32. The molecule has 0 bridgehead atoms. The first-order valence-electron chi connectivity index (χ1n) is 7.70. The molecule has 0 aromatic heterocycles. The van der Waals surface area contributed by atoms with Gasteiger partial charge in [-0.3, -0.25) is 4.79 Å². The van der Waals surface area contributed by atoms with Crippen molar-refractivity contribution in [2.24, 2.45) is 5.92 Å². The van der Waals surface area contributed by atoms with E-state index in [4.69, 9.17) is 0 Å². The molecule has 20 heavy (non-hydrogen) atoms. The van der Waals surface area contributed by atoms with Gasteiger partial charge in [0.05, 0.1) is 0 Å². The number of amides is 1. The minimum atomic E-state index is 0.0480. The Morgan fingerprint density at radius 3 is 2.45 bits per heavy atom. The monoisotopic (exact) mass is 274 g/mol. The molecule has 1 unspecified atom stereocenters. The first-order valence-corrected chi connectivity index (χ1v) is 7.70. The van der Waals surface area contributed by atoms with Crippen LogP contribution in [0.1, 0.15) is 44.1 Å². The zero-order valence-corrected chi connectivity index (χ0v) is 12.6. The number of hydrogen-bond acceptors (Lipinski definition) is 2. The standard InChI is InChI=1S/C17H26N2O/c1-13(12-18-2)17(20)19-16-10-8-15(9-11-16)14-6-4-3-5-7-14/h3-7,13,15-16,18H,8-12H2,1-2H3,(H,19,20). The van der Waals surface area contributed by atoms with Gasteiger partial charge in [0.15, 0.2) is 0 Å². The highest BCUT2D eigenvalue weighted by molar-refractivity contribution is 5.78. The fourth-order valence-corrected chi connectivity index (χ4v) is 3.04. The first-order chi connectivity index (χ1) is 9.70. The Labute approximate surface area is 122 Å². The second-order valence-corrected chi connectivity index (χ2v) is 5.93. The van der Waals surface area contributed by atoms with E-state index in [-0.39, 0.29) is 11.8 Å². The number of carbonyl (C=O) groups is 1. The third-order valence-electron chi connectivity index (χ3n) is 4.30. The molecule has 0 spiro atoms. The lowest BCUT2D eigenvalue weighted by atomic mass is 9.81. The van der Waals surface area contributed by atoms with Crippen molar-refractivity contribution in [3.05, 3.63) is 35.9 Å². The molecule has 3 nitrogen and oxygen atoms in total. The molecular formula is C17H26N2O. The Hall–Kier alpha value is -1.35. The zero-order valence-electron chi connectivity index (χ0n) is 12.6. The van der Waals surface area contributed by atoms with Crippen LogP contribution in [0.25, 0.3) is 0 Å². The Balaban J connectivity index is 1.78. The van der Waals surface area contributed by atoms with E-state index in [1.165, 1.54) is 18.4 Å². The van der Waals surface area contributed by atoms with E-state index < -0.39 is 0 Å². The van der Waals surface area contributed by atoms with Crippen molar-refractivity contribution < 1.29 is 4.79 Å². The smallest absolute Gasteiger partial charge is 0.224 e. The maximum atomic E-state index is 12.0. The summed E-state index contributed by atoms with van der Waals surface area (Å²) in [6.07, 6.45) is 4.54. The van der Waals surface area contributed by atoms with Crippen LogP contribution in [0.3, 0.4) is 0 Å². The van der Waals surface area contributed by atoms with E-state index in [2.05, 4.69) is 41.0 Å². The summed E-state index contributed by atoms with van der Waals surface area (Å²) < 4.78 is 0. The molecule has 2 N–H and O–H groups in total. The quantitative estimate of drug-likeness (QED) is 0.867. The summed E-state index contributed by atoms with van der Waals surface area (Å²) in [5.74, 6) is 0.897. The number of carbonyl (C=O) groups excluding carboxylic acids is 1. The molecule has 1 aliphatic rings. The largest absolute Gasteiger partial charge is 0.353 e. The first kappa shape index (κ1) is 15.0. The van der Waals surface area contributed by atoms with Gasteiger partial charge in [-0.1, -0.05) is 37.3 Å². The summed E-state index contributed by atoms with van der Waals surface area (Å²) >= 11 is 0. The van der Waals surface area contributed by atoms with Gasteiger partial charge >= 0.3 is 0 Å². The van der Waals surface area contributed by atoms with Crippen molar-refractivity contribution in [2.75, 3.05) is 13.6 Å². The van der Waals surface area contributed by atoms with Gasteiger partial charge in [0.2, 0.25) is 5.91 Å². The normalized spacial score (nSPS) is 24.1. The van der Waals surface area contributed by atoms with E-state index in [0.717, 1.165) is 19.4 Å². The Bertz CT molecular complexity index is 410. The lowest BCUT2D eigenvalue weighted by molar-refractivity contribution is -0.125. The van der Waals surface area contributed by atoms with E-state index in [1.807, 2.05) is 14.0 Å². The van der Waals surface area contributed by atoms with Gasteiger partial charge in [-0.15, -0.1) is 0 Å². The van der Waals surface area contributed by atoms with E-state index in [0.29, 0.717) is 12.0 Å². The molecule has 1 fully saturated rings. The molecule has 3 heteroatoms. The lowest BCUT2D eigenvalue weighted by Crippen LogP contribution is -2.42. The van der Waals surface area contributed by atoms with Gasteiger partial charge in [-0.25, -0.2) is 0 Å². The summed E-state index contributed by atoms with van der Waals surface area (Å²) in [7, 11) is 1.88. The third kappa shape index (κ3) is 4.07. The van der Waals surface area contributed by atoms with Gasteiger partial charge in [0.25, 0.3) is 0 Å². The molecule has 0 radical (unpaired) electrons. The predicted molar refractivity (Wildman–Crippen MR) is 82.7 cm³/mol. The molecule has 1 aliphatic carbocycles. The fourth-order valence-electron chi connectivity index (χ4n) is 3.04. The van der Waals surface area contributed by atoms with Crippen LogP contribution in [-0.4, -0.2) is 25.5 Å². The van der Waals surface area contributed by atoms with Gasteiger partial charge in [-0.05, 0) is 44.2 Å². The van der Waals surface area contributed by atoms with Gasteiger partial charge in [0, 0.05) is 18.5 Å². The van der Waals surface area contributed by atoms with Crippen molar-refractivity contribution >= 4 is 5.91 Å². The van der Waals surface area contributed by atoms with E-state index in [1.54, 1.807) is 0 Å². The topological polar surface area (TPSA) is 41.1 Å². The number of hydrogen-bond donors (Lipinski definition) is 2. The van der Waals surface area contributed by atoms with Crippen LogP contribution in [0, 0.1) is 5.92 Å². The van der Waals surface area contributed by atoms with Crippen LogP contribution in [0.15, 0.2) is 30.3 Å².